The van der Waals surface area contributed by atoms with E-state index >= 15 is 0 Å². The molecule has 0 bridgehead atoms. The zero-order chi connectivity index (χ0) is 17.7. The van der Waals surface area contributed by atoms with Crippen molar-refractivity contribution in [3.63, 3.8) is 0 Å². The molecule has 6 nitrogen and oxygen atoms in total. The zero-order valence-corrected chi connectivity index (χ0v) is 13.4. The van der Waals surface area contributed by atoms with Gasteiger partial charge in [0.05, 0.1) is 4.92 Å². The molecule has 6 heteroatoms. The van der Waals surface area contributed by atoms with E-state index in [1.54, 1.807) is 6.08 Å². The van der Waals surface area contributed by atoms with E-state index in [2.05, 4.69) is 13.2 Å². The maximum Gasteiger partial charge on any atom is 0.514 e. The highest BCUT2D eigenvalue weighted by Crippen LogP contribution is 2.38. The van der Waals surface area contributed by atoms with Crippen LogP contribution in [0.1, 0.15) is 19.8 Å². The molecule has 1 aliphatic carbocycles. The van der Waals surface area contributed by atoms with Gasteiger partial charge < -0.3 is 9.47 Å². The van der Waals surface area contributed by atoms with Crippen LogP contribution in [0.5, 0.6) is 5.75 Å². The first-order chi connectivity index (χ1) is 11.4. The van der Waals surface area contributed by atoms with Gasteiger partial charge in [-0.05, 0) is 49.0 Å². The van der Waals surface area contributed by atoms with Crippen LogP contribution in [-0.4, -0.2) is 17.2 Å². The Kier molecular flexibility index (Phi) is 5.52. The van der Waals surface area contributed by atoms with Gasteiger partial charge in [0.25, 0.3) is 5.69 Å². The molecule has 1 aliphatic rings. The van der Waals surface area contributed by atoms with Gasteiger partial charge in [-0.15, -0.1) is 0 Å². The first-order valence-electron chi connectivity index (χ1n) is 7.53. The van der Waals surface area contributed by atoms with E-state index in [0.29, 0.717) is 18.8 Å². The Morgan fingerprint density at radius 2 is 1.88 bits per heavy atom. The minimum atomic E-state index is -0.808. The van der Waals surface area contributed by atoms with Crippen LogP contribution >= 0.6 is 0 Å². The van der Waals surface area contributed by atoms with E-state index in [4.69, 9.17) is 9.47 Å². The zero-order valence-electron chi connectivity index (χ0n) is 13.4. The quantitative estimate of drug-likeness (QED) is 0.251. The van der Waals surface area contributed by atoms with Crippen molar-refractivity contribution in [2.24, 2.45) is 5.92 Å². The third kappa shape index (κ3) is 4.10. The van der Waals surface area contributed by atoms with Gasteiger partial charge in [-0.1, -0.05) is 25.3 Å². The number of rotatable bonds is 6. The lowest BCUT2D eigenvalue weighted by Gasteiger charge is -2.35. The predicted molar refractivity (Wildman–Crippen MR) is 89.8 cm³/mol. The SMILES string of the molecule is C=C/C(C)=C(\C=C)C1CC(OC(=O)Oc2ccc([N+](=O)[O-])cc2)C1. The van der Waals surface area contributed by atoms with E-state index in [0.717, 1.165) is 11.1 Å². The molecule has 0 spiro atoms. The number of carbonyl (C=O) groups excluding carboxylic acids is 1. The first kappa shape index (κ1) is 17.5. The lowest BCUT2D eigenvalue weighted by molar-refractivity contribution is -0.384. The Morgan fingerprint density at radius 1 is 1.25 bits per heavy atom. The van der Waals surface area contributed by atoms with Crippen molar-refractivity contribution in [1.29, 1.82) is 0 Å². The number of non-ortho nitro benzene ring substituents is 1. The number of nitro benzene ring substituents is 1. The minimum Gasteiger partial charge on any atom is -0.431 e. The number of carbonyl (C=O) groups is 1. The lowest BCUT2D eigenvalue weighted by atomic mass is 9.75. The first-order valence-corrected chi connectivity index (χ1v) is 7.53. The van der Waals surface area contributed by atoms with Crippen LogP contribution in [0.2, 0.25) is 0 Å². The Morgan fingerprint density at radius 3 is 2.38 bits per heavy atom. The normalized spacial score (nSPS) is 20.2. The van der Waals surface area contributed by atoms with Crippen LogP contribution in [-0.2, 0) is 4.74 Å². The highest BCUT2D eigenvalue weighted by molar-refractivity contribution is 5.64. The summed E-state index contributed by atoms with van der Waals surface area (Å²) in [6.45, 7) is 9.53. The van der Waals surface area contributed by atoms with Crippen molar-refractivity contribution in [1.82, 2.24) is 0 Å². The van der Waals surface area contributed by atoms with Gasteiger partial charge in [0.1, 0.15) is 11.9 Å². The molecule has 2 rings (SSSR count). The maximum atomic E-state index is 11.7. The Bertz CT molecular complexity index is 684. The van der Waals surface area contributed by atoms with E-state index in [9.17, 15) is 14.9 Å². The molecular weight excluding hydrogens is 310 g/mol. The molecule has 0 aliphatic heterocycles. The number of hydrogen-bond acceptors (Lipinski definition) is 5. The van der Waals surface area contributed by atoms with Gasteiger partial charge in [0.2, 0.25) is 0 Å². The smallest absolute Gasteiger partial charge is 0.431 e. The largest absolute Gasteiger partial charge is 0.514 e. The fourth-order valence-corrected chi connectivity index (χ4v) is 2.58. The summed E-state index contributed by atoms with van der Waals surface area (Å²) in [6.07, 6.45) is 4.01. The average molecular weight is 329 g/mol. The summed E-state index contributed by atoms with van der Waals surface area (Å²) in [4.78, 5) is 21.8. The summed E-state index contributed by atoms with van der Waals surface area (Å²) in [6, 6.07) is 5.24. The summed E-state index contributed by atoms with van der Waals surface area (Å²) in [5.41, 5.74) is 2.12. The summed E-state index contributed by atoms with van der Waals surface area (Å²) >= 11 is 0. The van der Waals surface area contributed by atoms with Crippen molar-refractivity contribution in [3.8, 4) is 5.75 Å². The summed E-state index contributed by atoms with van der Waals surface area (Å²) in [5.74, 6) is 0.508. The average Bonchev–Trinajstić information content (AvgIpc) is 2.53. The van der Waals surface area contributed by atoms with Crippen LogP contribution in [0.15, 0.2) is 60.7 Å². The number of benzene rings is 1. The molecule has 126 valence electrons. The van der Waals surface area contributed by atoms with Crippen LogP contribution < -0.4 is 4.74 Å². The van der Waals surface area contributed by atoms with Gasteiger partial charge in [-0.2, -0.15) is 0 Å². The molecule has 0 unspecified atom stereocenters. The van der Waals surface area contributed by atoms with Crippen LogP contribution in [0.3, 0.4) is 0 Å². The maximum absolute atomic E-state index is 11.7. The number of allylic oxidation sites excluding steroid dienone is 4. The second kappa shape index (κ2) is 7.59. The van der Waals surface area contributed by atoms with Gasteiger partial charge in [0, 0.05) is 12.1 Å². The molecule has 1 aromatic rings. The highest BCUT2D eigenvalue weighted by atomic mass is 16.7. The molecule has 0 radical (unpaired) electrons. The third-order valence-electron chi connectivity index (χ3n) is 4.03. The molecule has 0 saturated heterocycles. The molecule has 24 heavy (non-hydrogen) atoms. The summed E-state index contributed by atoms with van der Waals surface area (Å²) < 4.78 is 10.2. The van der Waals surface area contributed by atoms with E-state index in [1.165, 1.54) is 24.3 Å². The van der Waals surface area contributed by atoms with Gasteiger partial charge in [0.15, 0.2) is 0 Å². The van der Waals surface area contributed by atoms with Crippen molar-refractivity contribution >= 4 is 11.8 Å². The molecule has 1 saturated carbocycles. The fourth-order valence-electron chi connectivity index (χ4n) is 2.58. The molecular formula is C18H19NO5. The minimum absolute atomic E-state index is 0.0705. The van der Waals surface area contributed by atoms with Crippen molar-refractivity contribution in [3.05, 3.63) is 70.8 Å². The van der Waals surface area contributed by atoms with E-state index in [1.807, 2.05) is 13.0 Å². The van der Waals surface area contributed by atoms with Gasteiger partial charge >= 0.3 is 6.16 Å². The molecule has 0 N–H and O–H groups in total. The Balaban J connectivity index is 1.83. The Labute approximate surface area is 140 Å². The number of ether oxygens (including phenoxy) is 2. The molecule has 0 heterocycles. The second-order valence-electron chi connectivity index (χ2n) is 5.56. The number of nitro groups is 1. The summed E-state index contributed by atoms with van der Waals surface area (Å²) in [7, 11) is 0. The van der Waals surface area contributed by atoms with Crippen LogP contribution in [0.25, 0.3) is 0 Å². The summed E-state index contributed by atoms with van der Waals surface area (Å²) in [5, 5.41) is 10.6. The van der Waals surface area contributed by atoms with Crippen molar-refractivity contribution < 1.29 is 19.2 Å². The van der Waals surface area contributed by atoms with Gasteiger partial charge in [-0.25, -0.2) is 4.79 Å². The predicted octanol–water partition coefficient (Wildman–Crippen LogP) is 4.58. The second-order valence-corrected chi connectivity index (χ2v) is 5.56. The van der Waals surface area contributed by atoms with Gasteiger partial charge in [-0.3, -0.25) is 10.1 Å². The monoisotopic (exact) mass is 329 g/mol. The van der Waals surface area contributed by atoms with E-state index in [-0.39, 0.29) is 17.5 Å². The molecule has 0 aromatic heterocycles. The third-order valence-corrected chi connectivity index (χ3v) is 4.03. The fraction of sp³-hybridized carbons (Fsp3) is 0.278. The van der Waals surface area contributed by atoms with Crippen molar-refractivity contribution in [2.45, 2.75) is 25.9 Å². The van der Waals surface area contributed by atoms with Crippen LogP contribution in [0, 0.1) is 16.0 Å². The molecule has 0 atom stereocenters. The number of nitrogens with zero attached hydrogens (tertiary/aromatic N) is 1. The van der Waals surface area contributed by atoms with Crippen LogP contribution in [0.4, 0.5) is 10.5 Å². The molecule has 1 aromatic carbocycles. The lowest BCUT2D eigenvalue weighted by Crippen LogP contribution is -2.35. The molecule has 1 fully saturated rings. The Hall–Kier alpha value is -2.89. The van der Waals surface area contributed by atoms with Crippen molar-refractivity contribution in [2.75, 3.05) is 0 Å². The molecule has 0 amide bonds. The van der Waals surface area contributed by atoms with E-state index < -0.39 is 11.1 Å². The standard InChI is InChI=1S/C18H19NO5/c1-4-12(3)17(5-2)13-10-16(11-13)24-18(20)23-15-8-6-14(7-9-15)19(21)22/h4-9,13,16H,1-2,10-11H2,3H3/b17-12+. The number of hydrogen-bond donors (Lipinski definition) is 0. The highest BCUT2D eigenvalue weighted by Gasteiger charge is 2.34. The topological polar surface area (TPSA) is 78.7 Å².